The molecule has 38 heavy (non-hydrogen) atoms. The number of aliphatic hydroxyl groups excluding tert-OH is 4. The van der Waals surface area contributed by atoms with Crippen LogP contribution in [0, 0.1) is 5.41 Å². The predicted molar refractivity (Wildman–Crippen MR) is 149 cm³/mol. The summed E-state index contributed by atoms with van der Waals surface area (Å²) in [7, 11) is 0. The highest BCUT2D eigenvalue weighted by Crippen LogP contribution is 2.12. The van der Waals surface area contributed by atoms with Crippen molar-refractivity contribution in [2.45, 2.75) is 130 Å². The average Bonchev–Trinajstić information content (AvgIpc) is 2.89. The number of rotatable bonds is 21. The van der Waals surface area contributed by atoms with Crippen molar-refractivity contribution in [3.05, 3.63) is 0 Å². The van der Waals surface area contributed by atoms with Crippen LogP contribution in [-0.4, -0.2) is 80.1 Å². The van der Waals surface area contributed by atoms with E-state index in [0.717, 1.165) is 38.5 Å². The van der Waals surface area contributed by atoms with Crippen LogP contribution in [0.3, 0.4) is 0 Å². The fourth-order valence-corrected chi connectivity index (χ4v) is 2.74. The monoisotopic (exact) mass is 554 g/mol. The fourth-order valence-electron chi connectivity index (χ4n) is 2.74. The SMILES string of the molecule is CCCCC(=O)O.CCCCCCCC(=O)O.CCCCCCCCCC(=O)O.OCC(CO)(CO)CO. The van der Waals surface area contributed by atoms with Gasteiger partial charge in [0.15, 0.2) is 0 Å². The molecule has 7 N–H and O–H groups in total. The van der Waals surface area contributed by atoms with E-state index in [9.17, 15) is 14.4 Å². The average molecular weight is 555 g/mol. The Morgan fingerprint density at radius 1 is 0.421 bits per heavy atom. The van der Waals surface area contributed by atoms with Gasteiger partial charge in [0.2, 0.25) is 0 Å². The summed E-state index contributed by atoms with van der Waals surface area (Å²) in [6, 6.07) is 0. The summed E-state index contributed by atoms with van der Waals surface area (Å²) in [5.41, 5.74) is -1.11. The molecule has 0 unspecified atom stereocenters. The Morgan fingerprint density at radius 2 is 0.658 bits per heavy atom. The van der Waals surface area contributed by atoms with E-state index in [4.69, 9.17) is 35.7 Å². The van der Waals surface area contributed by atoms with Gasteiger partial charge in [0.05, 0.1) is 31.8 Å². The molecule has 0 aromatic rings. The third kappa shape index (κ3) is 41.4. The second-order valence-electron chi connectivity index (χ2n) is 9.45. The van der Waals surface area contributed by atoms with Crippen molar-refractivity contribution in [1.82, 2.24) is 0 Å². The van der Waals surface area contributed by atoms with Crippen LogP contribution in [0.25, 0.3) is 0 Å². The zero-order valence-electron chi connectivity index (χ0n) is 24.2. The zero-order valence-corrected chi connectivity index (χ0v) is 24.2. The molecule has 0 saturated heterocycles. The maximum Gasteiger partial charge on any atom is 0.303 e. The lowest BCUT2D eigenvalue weighted by atomic mass is 9.93. The van der Waals surface area contributed by atoms with Gasteiger partial charge in [0.25, 0.3) is 0 Å². The molecular weight excluding hydrogens is 496 g/mol. The van der Waals surface area contributed by atoms with Crippen LogP contribution < -0.4 is 0 Å². The molecule has 0 rings (SSSR count). The molecule has 0 aromatic carbocycles. The minimum Gasteiger partial charge on any atom is -0.481 e. The number of carboxylic acids is 3. The van der Waals surface area contributed by atoms with Gasteiger partial charge in [-0.3, -0.25) is 14.4 Å². The summed E-state index contributed by atoms with van der Waals surface area (Å²) in [5.74, 6) is -2.03. The standard InChI is InChI=1S/C10H20O2.C8H16O2.C5H12O4.C5H10O2/c1-2-3-4-5-6-7-8-9-10(11)12;1-2-3-4-5-6-7-8(9)10;6-1-5(2-7,3-8)4-9;1-2-3-4-5(6)7/h2-9H2,1H3,(H,11,12);2-7H2,1H3,(H,9,10);6-9H,1-4H2;2-4H2,1H3,(H,6,7). The van der Waals surface area contributed by atoms with Crippen LogP contribution in [0.2, 0.25) is 0 Å². The van der Waals surface area contributed by atoms with Crippen LogP contribution in [0.4, 0.5) is 0 Å². The molecule has 0 bridgehead atoms. The van der Waals surface area contributed by atoms with Gasteiger partial charge >= 0.3 is 17.9 Å². The second kappa shape index (κ2) is 35.2. The van der Waals surface area contributed by atoms with E-state index in [1.165, 1.54) is 51.4 Å². The molecule has 0 aliphatic carbocycles. The maximum absolute atomic E-state index is 10.1. The lowest BCUT2D eigenvalue weighted by molar-refractivity contribution is -0.138. The van der Waals surface area contributed by atoms with Gasteiger partial charge in [-0.2, -0.15) is 0 Å². The number of aliphatic hydroxyl groups is 4. The van der Waals surface area contributed by atoms with Crippen LogP contribution in [0.1, 0.15) is 130 Å². The molecule has 10 heteroatoms. The van der Waals surface area contributed by atoms with Crippen molar-refractivity contribution < 1.29 is 50.1 Å². The van der Waals surface area contributed by atoms with Gasteiger partial charge in [-0.15, -0.1) is 0 Å². The molecule has 0 aliphatic heterocycles. The Morgan fingerprint density at radius 3 is 0.842 bits per heavy atom. The summed E-state index contributed by atoms with van der Waals surface area (Å²) >= 11 is 0. The summed E-state index contributed by atoms with van der Waals surface area (Å²) in [6.45, 7) is 4.70. The van der Waals surface area contributed by atoms with Crippen molar-refractivity contribution in [3.8, 4) is 0 Å². The number of carboxylic acid groups (broad SMARTS) is 3. The Balaban J connectivity index is -0.000000206. The first-order chi connectivity index (χ1) is 18.1. The molecule has 0 heterocycles. The van der Waals surface area contributed by atoms with Crippen molar-refractivity contribution in [1.29, 1.82) is 0 Å². The minimum atomic E-state index is -1.11. The van der Waals surface area contributed by atoms with E-state index in [-0.39, 0.29) is 0 Å². The molecule has 0 fully saturated rings. The topological polar surface area (TPSA) is 193 Å². The van der Waals surface area contributed by atoms with Crippen LogP contribution in [0.15, 0.2) is 0 Å². The Kier molecular flexibility index (Phi) is 40.2. The van der Waals surface area contributed by atoms with Crippen molar-refractivity contribution >= 4 is 17.9 Å². The van der Waals surface area contributed by atoms with Gasteiger partial charge in [-0.05, 0) is 19.3 Å². The molecule has 0 amide bonds. The number of hydrogen-bond donors (Lipinski definition) is 7. The molecule has 10 nitrogen and oxygen atoms in total. The lowest BCUT2D eigenvalue weighted by Gasteiger charge is -2.23. The third-order valence-corrected chi connectivity index (χ3v) is 5.57. The molecular formula is C28H58O10. The Hall–Kier alpha value is -1.75. The predicted octanol–water partition coefficient (Wildman–Crippen LogP) is 4.85. The molecule has 230 valence electrons. The second-order valence-corrected chi connectivity index (χ2v) is 9.45. The summed E-state index contributed by atoms with van der Waals surface area (Å²) in [4.78, 5) is 29.9. The van der Waals surface area contributed by atoms with E-state index in [0.29, 0.717) is 19.3 Å². The first-order valence-corrected chi connectivity index (χ1v) is 14.1. The van der Waals surface area contributed by atoms with Crippen molar-refractivity contribution in [2.24, 2.45) is 5.41 Å². The molecule has 0 aliphatic rings. The van der Waals surface area contributed by atoms with Gasteiger partial charge in [-0.25, -0.2) is 0 Å². The third-order valence-electron chi connectivity index (χ3n) is 5.57. The van der Waals surface area contributed by atoms with Crippen molar-refractivity contribution in [2.75, 3.05) is 26.4 Å². The Labute approximate surface area is 230 Å². The number of carbonyl (C=O) groups is 3. The molecule has 0 saturated carbocycles. The fraction of sp³-hybridized carbons (Fsp3) is 0.893. The van der Waals surface area contributed by atoms with E-state index >= 15 is 0 Å². The van der Waals surface area contributed by atoms with E-state index in [1.54, 1.807) is 0 Å². The Bertz CT molecular complexity index is 490. The summed E-state index contributed by atoms with van der Waals surface area (Å²) < 4.78 is 0. The molecule has 0 radical (unpaired) electrons. The number of aliphatic carboxylic acids is 3. The molecule has 0 spiro atoms. The highest BCUT2D eigenvalue weighted by molar-refractivity contribution is 5.67. The van der Waals surface area contributed by atoms with Gasteiger partial charge in [-0.1, -0.05) is 91.4 Å². The first-order valence-electron chi connectivity index (χ1n) is 14.1. The van der Waals surface area contributed by atoms with E-state index in [2.05, 4.69) is 13.8 Å². The number of unbranched alkanes of at least 4 members (excludes halogenated alkanes) is 11. The zero-order chi connectivity index (χ0) is 30.1. The summed E-state index contributed by atoms with van der Waals surface area (Å²) in [5, 5.41) is 58.7. The van der Waals surface area contributed by atoms with Gasteiger partial charge in [0.1, 0.15) is 0 Å². The molecule has 0 atom stereocenters. The largest absolute Gasteiger partial charge is 0.481 e. The van der Waals surface area contributed by atoms with E-state index in [1.807, 2.05) is 6.92 Å². The minimum absolute atomic E-state index is 0.316. The van der Waals surface area contributed by atoms with Crippen LogP contribution in [-0.2, 0) is 14.4 Å². The lowest BCUT2D eigenvalue weighted by Crippen LogP contribution is -2.37. The van der Waals surface area contributed by atoms with Crippen LogP contribution >= 0.6 is 0 Å². The highest BCUT2D eigenvalue weighted by atomic mass is 16.4. The smallest absolute Gasteiger partial charge is 0.303 e. The van der Waals surface area contributed by atoms with Crippen LogP contribution in [0.5, 0.6) is 0 Å². The quantitative estimate of drug-likeness (QED) is 0.0964. The summed E-state index contributed by atoms with van der Waals surface area (Å²) in [6.07, 6.45) is 16.6. The first kappa shape index (κ1) is 43.3. The van der Waals surface area contributed by atoms with Crippen molar-refractivity contribution in [3.63, 3.8) is 0 Å². The van der Waals surface area contributed by atoms with E-state index < -0.39 is 49.8 Å². The normalized spacial score (nSPS) is 10.2. The maximum atomic E-state index is 10.1. The number of hydrogen-bond acceptors (Lipinski definition) is 7. The highest BCUT2D eigenvalue weighted by Gasteiger charge is 2.26. The molecule has 0 aromatic heterocycles. The van der Waals surface area contributed by atoms with Gasteiger partial charge in [0, 0.05) is 19.3 Å². The van der Waals surface area contributed by atoms with Gasteiger partial charge < -0.3 is 35.7 Å².